The molecular weight excluding hydrogens is 561 g/mol. The van der Waals surface area contributed by atoms with Crippen molar-refractivity contribution in [2.45, 2.75) is 19.3 Å². The SMILES string of the molecule is O=C(NCc1cccnc1)Nc1ccc(OCCc2cc(OC(F)(F)F)ccc2-c2ccnc(N3CCNCC3)c2)cc1. The van der Waals surface area contributed by atoms with Gasteiger partial charge in [-0.1, -0.05) is 12.1 Å². The first kappa shape index (κ1) is 29.6. The summed E-state index contributed by atoms with van der Waals surface area (Å²) >= 11 is 0. The van der Waals surface area contributed by atoms with Gasteiger partial charge in [0.25, 0.3) is 0 Å². The summed E-state index contributed by atoms with van der Waals surface area (Å²) in [5, 5.41) is 8.83. The fourth-order valence-electron chi connectivity index (χ4n) is 4.68. The lowest BCUT2D eigenvalue weighted by molar-refractivity contribution is -0.274. The monoisotopic (exact) mass is 592 g/mol. The Kier molecular flexibility index (Phi) is 9.57. The third-order valence-corrected chi connectivity index (χ3v) is 6.74. The number of rotatable bonds is 10. The lowest BCUT2D eigenvalue weighted by Gasteiger charge is -2.28. The zero-order valence-electron chi connectivity index (χ0n) is 23.2. The molecule has 1 fully saturated rings. The molecule has 2 aromatic heterocycles. The molecule has 0 saturated carbocycles. The molecule has 2 aromatic carbocycles. The lowest BCUT2D eigenvalue weighted by Crippen LogP contribution is -2.43. The first-order chi connectivity index (χ1) is 20.8. The Hall–Kier alpha value is -4.84. The molecule has 0 radical (unpaired) electrons. The Morgan fingerprint density at radius 3 is 2.51 bits per heavy atom. The highest BCUT2D eigenvalue weighted by molar-refractivity contribution is 5.89. The lowest BCUT2D eigenvalue weighted by atomic mass is 9.98. The van der Waals surface area contributed by atoms with E-state index in [1.165, 1.54) is 12.1 Å². The van der Waals surface area contributed by atoms with Crippen molar-refractivity contribution in [1.29, 1.82) is 0 Å². The van der Waals surface area contributed by atoms with Crippen molar-refractivity contribution < 1.29 is 27.4 Å². The highest BCUT2D eigenvalue weighted by Gasteiger charge is 2.31. The number of hydrogen-bond acceptors (Lipinski definition) is 7. The first-order valence-electron chi connectivity index (χ1n) is 13.8. The van der Waals surface area contributed by atoms with E-state index in [1.54, 1.807) is 55.0 Å². The molecule has 1 aliphatic rings. The number of nitrogens with one attached hydrogen (secondary N) is 3. The summed E-state index contributed by atoms with van der Waals surface area (Å²) in [6, 6.07) is 18.3. The minimum Gasteiger partial charge on any atom is -0.493 e. The van der Waals surface area contributed by atoms with Gasteiger partial charge in [-0.15, -0.1) is 13.2 Å². The fraction of sp³-hybridized carbons (Fsp3) is 0.258. The molecule has 0 atom stereocenters. The number of urea groups is 1. The molecule has 12 heteroatoms. The van der Waals surface area contributed by atoms with Gasteiger partial charge in [0.2, 0.25) is 0 Å². The number of pyridine rings is 2. The summed E-state index contributed by atoms with van der Waals surface area (Å²) in [6.07, 6.45) is 0.578. The van der Waals surface area contributed by atoms with Crippen LogP contribution in [0.3, 0.4) is 0 Å². The first-order valence-corrected chi connectivity index (χ1v) is 13.8. The maximum atomic E-state index is 13.0. The van der Waals surface area contributed by atoms with Crippen LogP contribution in [-0.4, -0.2) is 55.1 Å². The quantitative estimate of drug-likeness (QED) is 0.227. The maximum absolute atomic E-state index is 13.0. The third-order valence-electron chi connectivity index (χ3n) is 6.74. The van der Waals surface area contributed by atoms with E-state index in [4.69, 9.17) is 4.74 Å². The van der Waals surface area contributed by atoms with E-state index in [0.717, 1.165) is 48.7 Å². The number of piperazine rings is 1. The summed E-state index contributed by atoms with van der Waals surface area (Å²) < 4.78 is 49.0. The largest absolute Gasteiger partial charge is 0.573 e. The minimum absolute atomic E-state index is 0.205. The number of hydrogen-bond donors (Lipinski definition) is 3. The highest BCUT2D eigenvalue weighted by Crippen LogP contribution is 2.32. The van der Waals surface area contributed by atoms with Gasteiger partial charge in [-0.3, -0.25) is 4.98 Å². The standard InChI is InChI=1S/C31H31F3N6O3/c32-31(33,34)43-27-7-8-28(23-9-12-37-29(19-23)40-15-13-35-14-16-40)24(18-27)10-17-42-26-5-3-25(4-6-26)39-30(41)38-21-22-2-1-11-36-20-22/h1-9,11-12,18-20,35H,10,13-17,21H2,(H2,38,39,41). The molecule has 4 aromatic rings. The summed E-state index contributed by atoms with van der Waals surface area (Å²) in [5.74, 6) is 1.08. The van der Waals surface area contributed by atoms with E-state index in [1.807, 2.05) is 18.2 Å². The molecule has 3 heterocycles. The van der Waals surface area contributed by atoms with Gasteiger partial charge < -0.3 is 30.3 Å². The van der Waals surface area contributed by atoms with E-state index in [2.05, 4.69) is 35.6 Å². The van der Waals surface area contributed by atoms with Crippen molar-refractivity contribution >= 4 is 17.5 Å². The van der Waals surface area contributed by atoms with Gasteiger partial charge in [-0.05, 0) is 76.9 Å². The second-order valence-electron chi connectivity index (χ2n) is 9.80. The van der Waals surface area contributed by atoms with Gasteiger partial charge >= 0.3 is 12.4 Å². The molecule has 0 unspecified atom stereocenters. The summed E-state index contributed by atoms with van der Waals surface area (Å²) in [5.41, 5.74) is 3.71. The molecule has 1 aliphatic heterocycles. The summed E-state index contributed by atoms with van der Waals surface area (Å²) in [6.45, 7) is 3.90. The number of benzene rings is 2. The highest BCUT2D eigenvalue weighted by atomic mass is 19.4. The van der Waals surface area contributed by atoms with Crippen molar-refractivity contribution in [2.24, 2.45) is 0 Å². The molecule has 0 spiro atoms. The number of aromatic nitrogens is 2. The average molecular weight is 593 g/mol. The number of amides is 2. The number of carbonyl (C=O) groups is 1. The van der Waals surface area contributed by atoms with Crippen molar-refractivity contribution in [3.63, 3.8) is 0 Å². The molecule has 3 N–H and O–H groups in total. The number of halogens is 3. The Bertz CT molecular complexity index is 1500. The van der Waals surface area contributed by atoms with E-state index in [-0.39, 0.29) is 18.4 Å². The Labute approximate surface area is 247 Å². The van der Waals surface area contributed by atoms with Crippen LogP contribution in [0.15, 0.2) is 85.3 Å². The Balaban J connectivity index is 1.23. The van der Waals surface area contributed by atoms with Crippen molar-refractivity contribution in [2.75, 3.05) is 43.0 Å². The molecule has 9 nitrogen and oxygen atoms in total. The summed E-state index contributed by atoms with van der Waals surface area (Å²) in [4.78, 5) is 22.9. The van der Waals surface area contributed by atoms with Gasteiger partial charge in [0.05, 0.1) is 6.61 Å². The molecule has 43 heavy (non-hydrogen) atoms. The van der Waals surface area contributed by atoms with Gasteiger partial charge in [0, 0.05) is 63.4 Å². The maximum Gasteiger partial charge on any atom is 0.573 e. The predicted octanol–water partition coefficient (Wildman–Crippen LogP) is 5.40. The van der Waals surface area contributed by atoms with Crippen molar-refractivity contribution in [3.8, 4) is 22.6 Å². The van der Waals surface area contributed by atoms with Crippen molar-refractivity contribution in [3.05, 3.63) is 96.4 Å². The van der Waals surface area contributed by atoms with Crippen LogP contribution in [0.2, 0.25) is 0 Å². The van der Waals surface area contributed by atoms with Crippen LogP contribution >= 0.6 is 0 Å². The van der Waals surface area contributed by atoms with Crippen LogP contribution in [0.4, 0.5) is 29.5 Å². The Morgan fingerprint density at radius 1 is 0.977 bits per heavy atom. The number of alkyl halides is 3. The minimum atomic E-state index is -4.80. The summed E-state index contributed by atoms with van der Waals surface area (Å²) in [7, 11) is 0. The number of anilines is 2. The second-order valence-corrected chi connectivity index (χ2v) is 9.80. The van der Waals surface area contributed by atoms with Crippen LogP contribution in [0.25, 0.3) is 11.1 Å². The average Bonchev–Trinajstić information content (AvgIpc) is 3.01. The smallest absolute Gasteiger partial charge is 0.493 e. The van der Waals surface area contributed by atoms with Gasteiger partial charge in [-0.25, -0.2) is 9.78 Å². The molecule has 0 aliphatic carbocycles. The van der Waals surface area contributed by atoms with E-state index in [0.29, 0.717) is 30.0 Å². The molecule has 2 amide bonds. The number of carbonyl (C=O) groups excluding carboxylic acids is 1. The van der Waals surface area contributed by atoms with Gasteiger partial charge in [-0.2, -0.15) is 0 Å². The Morgan fingerprint density at radius 2 is 1.77 bits per heavy atom. The number of ether oxygens (including phenoxy) is 2. The van der Waals surface area contributed by atoms with E-state index >= 15 is 0 Å². The zero-order chi connectivity index (χ0) is 30.1. The van der Waals surface area contributed by atoms with Crippen LogP contribution < -0.4 is 30.3 Å². The molecule has 224 valence electrons. The van der Waals surface area contributed by atoms with Crippen LogP contribution in [0.5, 0.6) is 11.5 Å². The van der Waals surface area contributed by atoms with Crippen LogP contribution in [0.1, 0.15) is 11.1 Å². The van der Waals surface area contributed by atoms with Crippen LogP contribution in [-0.2, 0) is 13.0 Å². The van der Waals surface area contributed by atoms with E-state index < -0.39 is 6.36 Å². The zero-order valence-corrected chi connectivity index (χ0v) is 23.2. The second kappa shape index (κ2) is 13.9. The predicted molar refractivity (Wildman–Crippen MR) is 157 cm³/mol. The van der Waals surface area contributed by atoms with Crippen LogP contribution in [0, 0.1) is 0 Å². The molecular formula is C31H31F3N6O3. The normalized spacial score (nSPS) is 13.3. The molecule has 5 rings (SSSR count). The topological polar surface area (TPSA) is 101 Å². The third kappa shape index (κ3) is 8.82. The van der Waals surface area contributed by atoms with Gasteiger partial charge in [0.1, 0.15) is 17.3 Å². The molecule has 0 bridgehead atoms. The number of nitrogens with zero attached hydrogens (tertiary/aromatic N) is 3. The van der Waals surface area contributed by atoms with Gasteiger partial charge in [0.15, 0.2) is 0 Å². The van der Waals surface area contributed by atoms with Crippen molar-refractivity contribution in [1.82, 2.24) is 20.6 Å². The fourth-order valence-corrected chi connectivity index (χ4v) is 4.68. The van der Waals surface area contributed by atoms with E-state index in [9.17, 15) is 18.0 Å². The molecule has 1 saturated heterocycles.